The van der Waals surface area contributed by atoms with Gasteiger partial charge < -0.3 is 15.1 Å². The first-order valence-electron chi connectivity index (χ1n) is 8.53. The Balaban J connectivity index is 2.03. The third-order valence-electron chi connectivity index (χ3n) is 4.26. The molecule has 1 aromatic rings. The average Bonchev–Trinajstić information content (AvgIpc) is 2.99. The van der Waals surface area contributed by atoms with E-state index in [4.69, 9.17) is 10.2 Å². The molecule has 0 bridgehead atoms. The maximum atomic E-state index is 12.9. The minimum absolute atomic E-state index is 0.0287. The standard InChI is InChI=1S/C16H27N5O3/c1-4-14-18-19-15(24-14)10-21(11(2)3)16(23)12-6-5-7-20(8-12)9-13(17)22/h11-12H,4-10H2,1-3H3,(H2,17,22). The van der Waals surface area contributed by atoms with E-state index in [1.165, 1.54) is 0 Å². The Kier molecular flexibility index (Phi) is 6.30. The Morgan fingerprint density at radius 2 is 2.08 bits per heavy atom. The summed E-state index contributed by atoms with van der Waals surface area (Å²) in [6, 6.07) is 0.0287. The van der Waals surface area contributed by atoms with Gasteiger partial charge >= 0.3 is 0 Å². The minimum Gasteiger partial charge on any atom is -0.423 e. The van der Waals surface area contributed by atoms with Gasteiger partial charge in [-0.05, 0) is 33.2 Å². The minimum atomic E-state index is -0.359. The van der Waals surface area contributed by atoms with Crippen molar-refractivity contribution in [1.82, 2.24) is 20.0 Å². The molecule has 1 aromatic heterocycles. The van der Waals surface area contributed by atoms with Crippen molar-refractivity contribution in [3.8, 4) is 0 Å². The number of rotatable bonds is 7. The lowest BCUT2D eigenvalue weighted by Gasteiger charge is -2.35. The second-order valence-corrected chi connectivity index (χ2v) is 6.54. The number of primary amides is 1. The molecular weight excluding hydrogens is 310 g/mol. The van der Waals surface area contributed by atoms with E-state index in [9.17, 15) is 9.59 Å². The zero-order chi connectivity index (χ0) is 17.7. The number of nitrogens with zero attached hydrogens (tertiary/aromatic N) is 4. The molecule has 1 saturated heterocycles. The van der Waals surface area contributed by atoms with Crippen molar-refractivity contribution >= 4 is 11.8 Å². The molecule has 134 valence electrons. The monoisotopic (exact) mass is 337 g/mol. The van der Waals surface area contributed by atoms with Crippen LogP contribution < -0.4 is 5.73 Å². The summed E-state index contributed by atoms with van der Waals surface area (Å²) < 4.78 is 5.54. The van der Waals surface area contributed by atoms with E-state index in [1.807, 2.05) is 25.7 Å². The lowest BCUT2D eigenvalue weighted by atomic mass is 9.96. The van der Waals surface area contributed by atoms with Gasteiger partial charge in [0.25, 0.3) is 0 Å². The van der Waals surface area contributed by atoms with E-state index in [0.29, 0.717) is 31.3 Å². The lowest BCUT2D eigenvalue weighted by Crippen LogP contribution is -2.48. The molecule has 1 atom stereocenters. The Morgan fingerprint density at radius 1 is 1.38 bits per heavy atom. The van der Waals surface area contributed by atoms with Crippen LogP contribution in [-0.2, 0) is 22.6 Å². The molecule has 0 spiro atoms. The van der Waals surface area contributed by atoms with Gasteiger partial charge in [-0.3, -0.25) is 14.5 Å². The first-order valence-corrected chi connectivity index (χ1v) is 8.53. The summed E-state index contributed by atoms with van der Waals surface area (Å²) in [5, 5.41) is 7.96. The molecule has 8 heteroatoms. The van der Waals surface area contributed by atoms with Gasteiger partial charge in [0.1, 0.15) is 0 Å². The molecular formula is C16H27N5O3. The molecule has 0 aromatic carbocycles. The van der Waals surface area contributed by atoms with Crippen LogP contribution in [0.3, 0.4) is 0 Å². The summed E-state index contributed by atoms with van der Waals surface area (Å²) in [4.78, 5) is 27.8. The number of nitrogens with two attached hydrogens (primary N) is 1. The van der Waals surface area contributed by atoms with E-state index >= 15 is 0 Å². The summed E-state index contributed by atoms with van der Waals surface area (Å²) in [6.07, 6.45) is 2.38. The Hall–Kier alpha value is -1.96. The Labute approximate surface area is 142 Å². The van der Waals surface area contributed by atoms with Crippen molar-refractivity contribution in [3.63, 3.8) is 0 Å². The van der Waals surface area contributed by atoms with Gasteiger partial charge in [0.2, 0.25) is 23.6 Å². The molecule has 2 heterocycles. The smallest absolute Gasteiger partial charge is 0.235 e. The predicted octanol–water partition coefficient (Wildman–Crippen LogP) is 0.566. The van der Waals surface area contributed by atoms with Crippen LogP contribution in [0, 0.1) is 5.92 Å². The normalized spacial score (nSPS) is 18.8. The highest BCUT2D eigenvalue weighted by molar-refractivity contribution is 5.80. The highest BCUT2D eigenvalue weighted by Gasteiger charge is 2.31. The molecule has 2 N–H and O–H groups in total. The molecule has 1 aliphatic rings. The Bertz CT molecular complexity index is 572. The van der Waals surface area contributed by atoms with Gasteiger partial charge in [0.05, 0.1) is 19.0 Å². The molecule has 1 fully saturated rings. The van der Waals surface area contributed by atoms with Crippen LogP contribution in [0.2, 0.25) is 0 Å². The molecule has 24 heavy (non-hydrogen) atoms. The van der Waals surface area contributed by atoms with Crippen molar-refractivity contribution in [3.05, 3.63) is 11.8 Å². The molecule has 1 unspecified atom stereocenters. The SMILES string of the molecule is CCc1nnc(CN(C(=O)C2CCCN(CC(N)=O)C2)C(C)C)o1. The molecule has 1 aliphatic heterocycles. The van der Waals surface area contributed by atoms with Crippen molar-refractivity contribution in [2.45, 2.75) is 52.6 Å². The zero-order valence-corrected chi connectivity index (χ0v) is 14.7. The maximum Gasteiger partial charge on any atom is 0.235 e. The van der Waals surface area contributed by atoms with Gasteiger partial charge in [-0.1, -0.05) is 6.92 Å². The molecule has 0 radical (unpaired) electrons. The fraction of sp³-hybridized carbons (Fsp3) is 0.750. The quantitative estimate of drug-likeness (QED) is 0.779. The van der Waals surface area contributed by atoms with Gasteiger partial charge in [0.15, 0.2) is 0 Å². The largest absolute Gasteiger partial charge is 0.423 e. The van der Waals surface area contributed by atoms with Gasteiger partial charge in [0, 0.05) is 19.0 Å². The van der Waals surface area contributed by atoms with Crippen LogP contribution in [0.25, 0.3) is 0 Å². The average molecular weight is 337 g/mol. The summed E-state index contributed by atoms with van der Waals surface area (Å²) in [6.45, 7) is 7.77. The zero-order valence-electron chi connectivity index (χ0n) is 14.7. The number of hydrogen-bond acceptors (Lipinski definition) is 6. The first kappa shape index (κ1) is 18.4. The molecule has 0 saturated carbocycles. The molecule has 8 nitrogen and oxygen atoms in total. The number of hydrogen-bond donors (Lipinski definition) is 1. The summed E-state index contributed by atoms with van der Waals surface area (Å²) in [5.41, 5.74) is 5.27. The maximum absolute atomic E-state index is 12.9. The topological polar surface area (TPSA) is 106 Å². The fourth-order valence-electron chi connectivity index (χ4n) is 3.01. The number of piperidine rings is 1. The third kappa shape index (κ3) is 4.77. The fourth-order valence-corrected chi connectivity index (χ4v) is 3.01. The summed E-state index contributed by atoms with van der Waals surface area (Å²) in [7, 11) is 0. The van der Waals surface area contributed by atoms with Gasteiger partial charge in [-0.15, -0.1) is 10.2 Å². The van der Waals surface area contributed by atoms with E-state index in [1.54, 1.807) is 4.90 Å². The number of carbonyl (C=O) groups excluding carboxylic acids is 2. The third-order valence-corrected chi connectivity index (χ3v) is 4.26. The van der Waals surface area contributed by atoms with Gasteiger partial charge in [-0.2, -0.15) is 0 Å². The molecule has 0 aliphatic carbocycles. The van der Waals surface area contributed by atoms with E-state index < -0.39 is 0 Å². The predicted molar refractivity (Wildman–Crippen MR) is 87.7 cm³/mol. The van der Waals surface area contributed by atoms with Crippen LogP contribution in [0.15, 0.2) is 4.42 Å². The van der Waals surface area contributed by atoms with E-state index in [-0.39, 0.29) is 30.3 Å². The summed E-state index contributed by atoms with van der Waals surface area (Å²) >= 11 is 0. The van der Waals surface area contributed by atoms with E-state index in [2.05, 4.69) is 10.2 Å². The number of aryl methyl sites for hydroxylation is 1. The van der Waals surface area contributed by atoms with Crippen LogP contribution in [0.5, 0.6) is 0 Å². The molecule has 2 rings (SSSR count). The highest BCUT2D eigenvalue weighted by Crippen LogP contribution is 2.21. The van der Waals surface area contributed by atoms with Gasteiger partial charge in [-0.25, -0.2) is 0 Å². The number of likely N-dealkylation sites (tertiary alicyclic amines) is 1. The van der Waals surface area contributed by atoms with Crippen molar-refractivity contribution in [1.29, 1.82) is 0 Å². The molecule has 2 amide bonds. The number of amides is 2. The Morgan fingerprint density at radius 3 is 2.67 bits per heavy atom. The van der Waals surface area contributed by atoms with Crippen molar-refractivity contribution in [2.24, 2.45) is 11.7 Å². The van der Waals surface area contributed by atoms with Crippen molar-refractivity contribution in [2.75, 3.05) is 19.6 Å². The number of carbonyl (C=O) groups is 2. The van der Waals surface area contributed by atoms with Crippen molar-refractivity contribution < 1.29 is 14.0 Å². The first-order chi connectivity index (χ1) is 11.4. The summed E-state index contributed by atoms with van der Waals surface area (Å²) in [5.74, 6) is 0.608. The second-order valence-electron chi connectivity index (χ2n) is 6.54. The van der Waals surface area contributed by atoms with E-state index in [0.717, 1.165) is 19.4 Å². The van der Waals surface area contributed by atoms with Crippen LogP contribution >= 0.6 is 0 Å². The number of aromatic nitrogens is 2. The highest BCUT2D eigenvalue weighted by atomic mass is 16.4. The van der Waals surface area contributed by atoms with Crippen LogP contribution in [0.4, 0.5) is 0 Å². The second kappa shape index (κ2) is 8.23. The van der Waals surface area contributed by atoms with Crippen LogP contribution in [0.1, 0.15) is 45.4 Å². The van der Waals surface area contributed by atoms with Crippen LogP contribution in [-0.4, -0.2) is 57.5 Å². The lowest BCUT2D eigenvalue weighted by molar-refractivity contribution is -0.140.